The van der Waals surface area contributed by atoms with Crippen LogP contribution in [-0.2, 0) is 9.47 Å². The first kappa shape index (κ1) is 8.97. The van der Waals surface area contributed by atoms with E-state index >= 15 is 0 Å². The van der Waals surface area contributed by atoms with Gasteiger partial charge in [-0.3, -0.25) is 4.90 Å². The van der Waals surface area contributed by atoms with Crippen LogP contribution >= 0.6 is 0 Å². The zero-order valence-electron chi connectivity index (χ0n) is 7.70. The molecular weight excluding hydrogens is 142 g/mol. The van der Waals surface area contributed by atoms with Gasteiger partial charge in [-0.05, 0) is 13.8 Å². The summed E-state index contributed by atoms with van der Waals surface area (Å²) in [7, 11) is 3.35. The lowest BCUT2D eigenvalue weighted by molar-refractivity contribution is -0.107. The van der Waals surface area contributed by atoms with Crippen molar-refractivity contribution >= 4 is 0 Å². The molecule has 1 heterocycles. The predicted octanol–water partition coefficient (Wildman–Crippen LogP) is 0.698. The molecule has 66 valence electrons. The van der Waals surface area contributed by atoms with Crippen molar-refractivity contribution in [2.45, 2.75) is 32.2 Å². The summed E-state index contributed by atoms with van der Waals surface area (Å²) in [4.78, 5) is 2.34. The van der Waals surface area contributed by atoms with E-state index in [0.717, 1.165) is 6.54 Å². The average molecular weight is 159 g/mol. The Hall–Kier alpha value is -0.120. The summed E-state index contributed by atoms with van der Waals surface area (Å²) in [5.41, 5.74) is 0. The summed E-state index contributed by atoms with van der Waals surface area (Å²) in [6.07, 6.45) is -0.0672. The fourth-order valence-electron chi connectivity index (χ4n) is 1.33. The van der Waals surface area contributed by atoms with Crippen LogP contribution in [0.5, 0.6) is 0 Å². The molecule has 0 bridgehead atoms. The summed E-state index contributed by atoms with van der Waals surface area (Å²) in [5, 5.41) is 0. The third-order valence-corrected chi connectivity index (χ3v) is 2.54. The van der Waals surface area contributed by atoms with Gasteiger partial charge in [-0.2, -0.15) is 0 Å². The van der Waals surface area contributed by atoms with Gasteiger partial charge in [0.25, 0.3) is 0 Å². The summed E-state index contributed by atoms with van der Waals surface area (Å²) in [6, 6.07) is 1.39. The fraction of sp³-hybridized carbons (Fsp3) is 1.00. The SMILES string of the molecule is COC(CN1C(C)C1C)OC. The molecule has 1 aliphatic rings. The van der Waals surface area contributed by atoms with Gasteiger partial charge in [0.1, 0.15) is 0 Å². The summed E-state index contributed by atoms with van der Waals surface area (Å²) >= 11 is 0. The highest BCUT2D eigenvalue weighted by Gasteiger charge is 2.40. The summed E-state index contributed by atoms with van der Waals surface area (Å²) in [5.74, 6) is 0. The van der Waals surface area contributed by atoms with Crippen LogP contribution in [0.3, 0.4) is 0 Å². The van der Waals surface area contributed by atoms with E-state index < -0.39 is 0 Å². The fourth-order valence-corrected chi connectivity index (χ4v) is 1.33. The summed E-state index contributed by atoms with van der Waals surface area (Å²) < 4.78 is 10.2. The molecule has 0 amide bonds. The van der Waals surface area contributed by atoms with Crippen molar-refractivity contribution in [1.29, 1.82) is 0 Å². The van der Waals surface area contributed by atoms with Gasteiger partial charge in [-0.25, -0.2) is 0 Å². The quantitative estimate of drug-likeness (QED) is 0.445. The second-order valence-corrected chi connectivity index (χ2v) is 3.08. The molecule has 3 nitrogen and oxygen atoms in total. The lowest BCUT2D eigenvalue weighted by Crippen LogP contribution is -2.24. The van der Waals surface area contributed by atoms with E-state index in [9.17, 15) is 0 Å². The van der Waals surface area contributed by atoms with E-state index in [4.69, 9.17) is 9.47 Å². The Morgan fingerprint density at radius 2 is 1.64 bits per heavy atom. The van der Waals surface area contributed by atoms with E-state index in [1.54, 1.807) is 14.2 Å². The molecule has 11 heavy (non-hydrogen) atoms. The largest absolute Gasteiger partial charge is 0.355 e. The Morgan fingerprint density at radius 3 is 1.91 bits per heavy atom. The zero-order valence-corrected chi connectivity index (χ0v) is 7.70. The number of nitrogens with zero attached hydrogens (tertiary/aromatic N) is 1. The number of hydrogen-bond acceptors (Lipinski definition) is 3. The molecule has 0 spiro atoms. The number of methoxy groups -OCH3 is 2. The van der Waals surface area contributed by atoms with Crippen molar-refractivity contribution < 1.29 is 9.47 Å². The minimum Gasteiger partial charge on any atom is -0.355 e. The van der Waals surface area contributed by atoms with Crippen molar-refractivity contribution in [2.24, 2.45) is 0 Å². The standard InChI is InChI=1S/C8H17NO2/c1-6-7(2)9(6)5-8(10-3)11-4/h6-8H,5H2,1-4H3. The van der Waals surface area contributed by atoms with Crippen molar-refractivity contribution in [3.8, 4) is 0 Å². The lowest BCUT2D eigenvalue weighted by Gasteiger charge is -2.13. The van der Waals surface area contributed by atoms with Gasteiger partial charge in [0, 0.05) is 26.3 Å². The molecule has 0 N–H and O–H groups in total. The molecule has 3 heteroatoms. The molecule has 1 saturated heterocycles. The third kappa shape index (κ3) is 1.92. The van der Waals surface area contributed by atoms with Crippen molar-refractivity contribution in [1.82, 2.24) is 4.90 Å². The van der Waals surface area contributed by atoms with Crippen molar-refractivity contribution in [3.05, 3.63) is 0 Å². The Bertz CT molecular complexity index is 117. The first-order valence-electron chi connectivity index (χ1n) is 4.02. The van der Waals surface area contributed by atoms with Crippen LogP contribution < -0.4 is 0 Å². The maximum atomic E-state index is 5.08. The molecule has 1 fully saturated rings. The third-order valence-electron chi connectivity index (χ3n) is 2.54. The molecule has 0 aromatic rings. The van der Waals surface area contributed by atoms with Gasteiger partial charge in [0.2, 0.25) is 0 Å². The Morgan fingerprint density at radius 1 is 1.18 bits per heavy atom. The molecule has 2 unspecified atom stereocenters. The first-order chi connectivity index (χ1) is 5.20. The highest BCUT2D eigenvalue weighted by molar-refractivity contribution is 4.95. The van der Waals surface area contributed by atoms with Gasteiger partial charge >= 0.3 is 0 Å². The number of hydrogen-bond donors (Lipinski definition) is 0. The number of ether oxygens (including phenoxy) is 2. The zero-order chi connectivity index (χ0) is 8.43. The topological polar surface area (TPSA) is 21.5 Å². The van der Waals surface area contributed by atoms with Crippen LogP contribution in [0.15, 0.2) is 0 Å². The Labute approximate surface area is 68.3 Å². The van der Waals surface area contributed by atoms with Gasteiger partial charge in [-0.1, -0.05) is 0 Å². The van der Waals surface area contributed by atoms with Crippen molar-refractivity contribution in [3.63, 3.8) is 0 Å². The minimum absolute atomic E-state index is 0.0672. The molecule has 1 aliphatic heterocycles. The van der Waals surface area contributed by atoms with E-state index in [1.165, 1.54) is 0 Å². The van der Waals surface area contributed by atoms with Crippen LogP contribution in [0.25, 0.3) is 0 Å². The van der Waals surface area contributed by atoms with Crippen LogP contribution in [0.1, 0.15) is 13.8 Å². The highest BCUT2D eigenvalue weighted by Crippen LogP contribution is 2.27. The van der Waals surface area contributed by atoms with E-state index in [1.807, 2.05) is 0 Å². The number of rotatable bonds is 4. The lowest BCUT2D eigenvalue weighted by atomic mass is 10.4. The van der Waals surface area contributed by atoms with Gasteiger partial charge in [0.15, 0.2) is 6.29 Å². The monoisotopic (exact) mass is 159 g/mol. The molecule has 1 rings (SSSR count). The van der Waals surface area contributed by atoms with Gasteiger partial charge in [0.05, 0.1) is 6.54 Å². The molecular formula is C8H17NO2. The van der Waals surface area contributed by atoms with Crippen LogP contribution in [0, 0.1) is 0 Å². The van der Waals surface area contributed by atoms with E-state index in [-0.39, 0.29) is 6.29 Å². The van der Waals surface area contributed by atoms with Gasteiger partial charge < -0.3 is 9.47 Å². The molecule has 0 aliphatic carbocycles. The predicted molar refractivity (Wildman–Crippen MR) is 43.4 cm³/mol. The minimum atomic E-state index is -0.0672. The molecule has 2 atom stereocenters. The van der Waals surface area contributed by atoms with E-state index in [2.05, 4.69) is 18.7 Å². The van der Waals surface area contributed by atoms with E-state index in [0.29, 0.717) is 12.1 Å². The molecule has 0 aromatic carbocycles. The maximum absolute atomic E-state index is 5.08. The molecule has 0 radical (unpaired) electrons. The smallest absolute Gasteiger partial charge is 0.169 e. The second kappa shape index (κ2) is 3.52. The second-order valence-electron chi connectivity index (χ2n) is 3.08. The highest BCUT2D eigenvalue weighted by atomic mass is 16.7. The molecule has 0 aromatic heterocycles. The average Bonchev–Trinajstić information content (AvgIpc) is 2.57. The van der Waals surface area contributed by atoms with Gasteiger partial charge in [-0.15, -0.1) is 0 Å². The Kier molecular flexibility index (Phi) is 2.87. The van der Waals surface area contributed by atoms with Crippen LogP contribution in [0.2, 0.25) is 0 Å². The normalized spacial score (nSPS) is 36.3. The van der Waals surface area contributed by atoms with Crippen LogP contribution in [-0.4, -0.2) is 44.0 Å². The maximum Gasteiger partial charge on any atom is 0.169 e. The van der Waals surface area contributed by atoms with Crippen LogP contribution in [0.4, 0.5) is 0 Å². The summed E-state index contributed by atoms with van der Waals surface area (Å²) in [6.45, 7) is 5.31. The first-order valence-corrected chi connectivity index (χ1v) is 4.02. The van der Waals surface area contributed by atoms with Crippen molar-refractivity contribution in [2.75, 3.05) is 20.8 Å². The Balaban J connectivity index is 2.20. The molecule has 0 saturated carbocycles.